The summed E-state index contributed by atoms with van der Waals surface area (Å²) in [6.07, 6.45) is 2.16. The van der Waals surface area contributed by atoms with Gasteiger partial charge in [-0.15, -0.1) is 18.8 Å². The molecule has 1 heterocycles. The molecule has 0 aromatic heterocycles. The van der Waals surface area contributed by atoms with E-state index in [9.17, 15) is 9.59 Å². The Morgan fingerprint density at radius 3 is 2.40 bits per heavy atom. The minimum Gasteiger partial charge on any atom is -0.673 e. The summed E-state index contributed by atoms with van der Waals surface area (Å²) in [5.74, 6) is -0.0316. The summed E-state index contributed by atoms with van der Waals surface area (Å²) in [6, 6.07) is 7.16. The molecule has 1 aromatic rings. The Morgan fingerprint density at radius 2 is 1.85 bits per heavy atom. The molecule has 0 aliphatic carbocycles. The van der Waals surface area contributed by atoms with Gasteiger partial charge in [0.1, 0.15) is 6.29 Å². The number of benzene rings is 1. The van der Waals surface area contributed by atoms with E-state index in [0.29, 0.717) is 37.2 Å². The summed E-state index contributed by atoms with van der Waals surface area (Å²) in [4.78, 5) is 22.9. The molecule has 20 heavy (non-hydrogen) atoms. The molecule has 1 saturated heterocycles. The number of carbonyl (C=O) groups is 2. The largest absolute Gasteiger partial charge is 0.673 e. The van der Waals surface area contributed by atoms with Crippen molar-refractivity contribution in [3.63, 3.8) is 0 Å². The number of Topliss-reactive ketones (excluding diaryl/α,β-unsaturated/α-hetero) is 1. The number of hydrogen-bond acceptors (Lipinski definition) is 2. The number of aldehydes is 1. The minimum absolute atomic E-state index is 0. The van der Waals surface area contributed by atoms with Crippen LogP contribution < -0.4 is 0 Å². The Labute approximate surface area is 191 Å². The molecule has 1 aliphatic rings. The molecule has 102 valence electrons. The first-order valence-electron chi connectivity index (χ1n) is 6.09. The van der Waals surface area contributed by atoms with Gasteiger partial charge in [-0.2, -0.15) is 0 Å². The molecule has 2 radical (unpaired) electrons. The van der Waals surface area contributed by atoms with Crippen molar-refractivity contribution in [1.29, 1.82) is 0 Å². The maximum absolute atomic E-state index is 11.5. The van der Waals surface area contributed by atoms with Crippen molar-refractivity contribution in [3.05, 3.63) is 40.5 Å². The molecule has 0 bridgehead atoms. The van der Waals surface area contributed by atoms with Gasteiger partial charge in [-0.1, -0.05) is 42.6 Å². The fourth-order valence-corrected chi connectivity index (χ4v) is 2.15. The zero-order valence-electron chi connectivity index (χ0n) is 11.6. The molecule has 2 rings (SSSR count). The van der Waals surface area contributed by atoms with Crippen LogP contribution in [0.25, 0.3) is 10.6 Å². The predicted octanol–water partition coefficient (Wildman–Crippen LogP) is 3.00. The van der Waals surface area contributed by atoms with Crippen molar-refractivity contribution >= 4 is 17.8 Å². The Kier molecular flexibility index (Phi) is 10.7. The van der Waals surface area contributed by atoms with Gasteiger partial charge in [0, 0.05) is 93.7 Å². The minimum atomic E-state index is -0.701. The monoisotopic (exact) mass is 698 g/mol. The molecule has 4 nitrogen and oxygen atoms in total. The summed E-state index contributed by atoms with van der Waals surface area (Å²) in [5, 5.41) is 8.77. The molecule has 0 atom stereocenters. The van der Waals surface area contributed by atoms with Crippen LogP contribution in [0.2, 0.25) is 0 Å². The van der Waals surface area contributed by atoms with E-state index in [2.05, 4.69) is 10.6 Å². The number of carbonyl (C=O) groups excluding carboxylic acids is 2. The molecular weight excluding hydrogens is 682 g/mol. The van der Waals surface area contributed by atoms with Crippen molar-refractivity contribution in [1.82, 2.24) is 0 Å². The summed E-state index contributed by atoms with van der Waals surface area (Å²) >= 11 is 0. The van der Waals surface area contributed by atoms with Gasteiger partial charge in [-0.05, 0) is 6.92 Å². The van der Waals surface area contributed by atoms with Gasteiger partial charge in [0.15, 0.2) is 5.78 Å². The van der Waals surface area contributed by atoms with Crippen LogP contribution in [0.5, 0.6) is 0 Å². The standard InChI is InChI=1S/C14H17N2O2.2Ac/c1-11(18)12-4-2-3-5-13(12)16-14(10-17)6-8-15-9-7-14;;/h2-5,10H,6-9H2,1H3,(H,16,18);;/q-1;;/p-1. The van der Waals surface area contributed by atoms with Crippen molar-refractivity contribution in [2.45, 2.75) is 25.3 Å². The van der Waals surface area contributed by atoms with Crippen LogP contribution in [0, 0.1) is 88.1 Å². The van der Waals surface area contributed by atoms with Gasteiger partial charge in [-0.3, -0.25) is 4.79 Å². The van der Waals surface area contributed by atoms with E-state index >= 15 is 0 Å². The zero-order valence-corrected chi connectivity index (χ0v) is 21.1. The third kappa shape index (κ3) is 5.44. The third-order valence-corrected chi connectivity index (χ3v) is 3.25. The van der Waals surface area contributed by atoms with Gasteiger partial charge in [-0.25, -0.2) is 0 Å². The first-order chi connectivity index (χ1) is 8.67. The fourth-order valence-electron chi connectivity index (χ4n) is 2.15. The van der Waals surface area contributed by atoms with Crippen molar-refractivity contribution < 1.29 is 97.7 Å². The van der Waals surface area contributed by atoms with E-state index in [0.717, 1.165) is 6.29 Å². The van der Waals surface area contributed by atoms with Crippen molar-refractivity contribution in [2.24, 2.45) is 0 Å². The van der Waals surface area contributed by atoms with E-state index in [1.807, 2.05) is 6.07 Å². The quantitative estimate of drug-likeness (QED) is 0.359. The van der Waals surface area contributed by atoms with E-state index < -0.39 is 5.54 Å². The van der Waals surface area contributed by atoms with Gasteiger partial charge in [0.05, 0.1) is 0 Å². The number of piperidine rings is 1. The maximum Gasteiger partial charge on any atom is 0.158 e. The van der Waals surface area contributed by atoms with E-state index in [1.165, 1.54) is 6.92 Å². The van der Waals surface area contributed by atoms with Crippen LogP contribution >= 0.6 is 0 Å². The van der Waals surface area contributed by atoms with Gasteiger partial charge >= 0.3 is 0 Å². The van der Waals surface area contributed by atoms with Crippen LogP contribution in [0.3, 0.4) is 0 Å². The fraction of sp³-hybridized carbons (Fsp3) is 0.429. The van der Waals surface area contributed by atoms with Crippen LogP contribution in [0.15, 0.2) is 24.3 Å². The summed E-state index contributed by atoms with van der Waals surface area (Å²) in [7, 11) is 0. The van der Waals surface area contributed by atoms with Crippen molar-refractivity contribution in [3.8, 4) is 0 Å². The molecular formula is C14H16Ac2N2O2-2. The second-order valence-corrected chi connectivity index (χ2v) is 4.58. The second-order valence-electron chi connectivity index (χ2n) is 4.58. The normalized spacial score (nSPS) is 16.2. The molecule has 0 saturated carbocycles. The molecule has 0 N–H and O–H groups in total. The average molecular weight is 698 g/mol. The smallest absolute Gasteiger partial charge is 0.158 e. The second kappa shape index (κ2) is 10.1. The molecule has 0 spiro atoms. The Bertz CT molecular complexity index is 460. The van der Waals surface area contributed by atoms with Crippen LogP contribution in [-0.2, 0) is 4.79 Å². The predicted molar refractivity (Wildman–Crippen MR) is 70.6 cm³/mol. The van der Waals surface area contributed by atoms with Crippen LogP contribution in [-0.4, -0.2) is 30.7 Å². The molecule has 0 unspecified atom stereocenters. The summed E-state index contributed by atoms with van der Waals surface area (Å²) < 4.78 is 0. The molecule has 1 fully saturated rings. The summed E-state index contributed by atoms with van der Waals surface area (Å²) in [6.45, 7) is 2.83. The number of ketones is 1. The Balaban J connectivity index is 0.00000180. The van der Waals surface area contributed by atoms with Crippen LogP contribution in [0.1, 0.15) is 30.1 Å². The van der Waals surface area contributed by atoms with Gasteiger partial charge < -0.3 is 15.4 Å². The first-order valence-corrected chi connectivity index (χ1v) is 6.09. The van der Waals surface area contributed by atoms with Crippen LogP contribution in [0.4, 0.5) is 5.69 Å². The molecule has 6 heteroatoms. The number of hydrogen-bond donors (Lipinski definition) is 0. The molecule has 1 aromatic carbocycles. The average Bonchev–Trinajstić information content (AvgIpc) is 2.40. The molecule has 1 aliphatic heterocycles. The molecule has 0 amide bonds. The van der Waals surface area contributed by atoms with Gasteiger partial charge in [0.25, 0.3) is 0 Å². The Morgan fingerprint density at radius 1 is 1.25 bits per heavy atom. The third-order valence-electron chi connectivity index (χ3n) is 3.25. The van der Waals surface area contributed by atoms with Crippen molar-refractivity contribution in [2.75, 3.05) is 13.1 Å². The van der Waals surface area contributed by atoms with Gasteiger partial charge in [0.2, 0.25) is 0 Å². The zero-order chi connectivity index (χ0) is 13.0. The summed E-state index contributed by atoms with van der Waals surface area (Å²) in [5.41, 5.74) is 0.480. The Hall–Kier alpha value is 1.20. The van der Waals surface area contributed by atoms with E-state index in [4.69, 9.17) is 0 Å². The number of nitrogens with zero attached hydrogens (tertiary/aromatic N) is 2. The SMILES string of the molecule is CC(=O)c1ccccc1[N-]C1(C=O)CC[N-]CC1.[Ac].[Ac]. The number of rotatable bonds is 4. The van der Waals surface area contributed by atoms with E-state index in [1.54, 1.807) is 18.2 Å². The topological polar surface area (TPSA) is 62.3 Å². The number of para-hydroxylation sites is 1. The first kappa shape index (κ1) is 21.2. The maximum atomic E-state index is 11.5. The van der Waals surface area contributed by atoms with E-state index in [-0.39, 0.29) is 93.9 Å².